The minimum Gasteiger partial charge on any atom is -0.508 e. The van der Waals surface area contributed by atoms with E-state index in [0.717, 1.165) is 30.8 Å². The van der Waals surface area contributed by atoms with E-state index in [1.165, 1.54) is 18.4 Å². The highest BCUT2D eigenvalue weighted by Crippen LogP contribution is 2.49. The molecule has 15 heavy (non-hydrogen) atoms. The maximum absolute atomic E-state index is 9.88. The van der Waals surface area contributed by atoms with E-state index in [2.05, 4.69) is 6.92 Å². The van der Waals surface area contributed by atoms with Gasteiger partial charge in [-0.3, -0.25) is 0 Å². The van der Waals surface area contributed by atoms with Crippen LogP contribution in [0.25, 0.3) is 0 Å². The van der Waals surface area contributed by atoms with Gasteiger partial charge in [-0.25, -0.2) is 0 Å². The standard InChI is InChI=1S/C13H16O2/c1-13-6-2-3-9-10(14)4-5-11(12(9)13)15-8-7-13/h4-5,14H,2-3,6-8H2,1H3. The fourth-order valence-electron chi connectivity index (χ4n) is 3.07. The summed E-state index contributed by atoms with van der Waals surface area (Å²) in [7, 11) is 0. The molecular weight excluding hydrogens is 188 g/mol. The van der Waals surface area contributed by atoms with E-state index < -0.39 is 0 Å². The maximum Gasteiger partial charge on any atom is 0.123 e. The van der Waals surface area contributed by atoms with E-state index in [1.807, 2.05) is 6.07 Å². The van der Waals surface area contributed by atoms with Gasteiger partial charge in [-0.05, 0) is 43.2 Å². The summed E-state index contributed by atoms with van der Waals surface area (Å²) < 4.78 is 5.68. The molecule has 0 aromatic heterocycles. The zero-order valence-corrected chi connectivity index (χ0v) is 9.05. The third-order valence-electron chi connectivity index (χ3n) is 3.92. The van der Waals surface area contributed by atoms with Crippen LogP contribution in [-0.2, 0) is 11.8 Å². The molecule has 2 aliphatic rings. The van der Waals surface area contributed by atoms with Gasteiger partial charge in [-0.1, -0.05) is 6.92 Å². The molecule has 0 spiro atoms. The minimum absolute atomic E-state index is 0.236. The molecule has 0 amide bonds. The van der Waals surface area contributed by atoms with Crippen molar-refractivity contribution in [1.82, 2.24) is 0 Å². The number of phenols is 1. The van der Waals surface area contributed by atoms with Gasteiger partial charge in [0.15, 0.2) is 0 Å². The second-order valence-corrected chi connectivity index (χ2v) is 4.95. The van der Waals surface area contributed by atoms with E-state index in [4.69, 9.17) is 4.74 Å². The summed E-state index contributed by atoms with van der Waals surface area (Å²) >= 11 is 0. The first-order valence-corrected chi connectivity index (χ1v) is 5.69. The number of phenolic OH excluding ortho intramolecular Hbond substituents is 1. The molecule has 1 atom stereocenters. The zero-order chi connectivity index (χ0) is 10.5. The van der Waals surface area contributed by atoms with Crippen LogP contribution < -0.4 is 4.74 Å². The fraction of sp³-hybridized carbons (Fsp3) is 0.538. The Morgan fingerprint density at radius 3 is 3.07 bits per heavy atom. The van der Waals surface area contributed by atoms with E-state index in [-0.39, 0.29) is 5.41 Å². The highest BCUT2D eigenvalue weighted by molar-refractivity contribution is 5.54. The number of hydrogen-bond donors (Lipinski definition) is 1. The first-order valence-electron chi connectivity index (χ1n) is 5.69. The summed E-state index contributed by atoms with van der Waals surface area (Å²) in [6.07, 6.45) is 4.48. The Labute approximate surface area is 89.9 Å². The summed E-state index contributed by atoms with van der Waals surface area (Å²) in [6, 6.07) is 3.68. The van der Waals surface area contributed by atoms with Crippen molar-refractivity contribution < 1.29 is 9.84 Å². The average molecular weight is 204 g/mol. The van der Waals surface area contributed by atoms with Crippen molar-refractivity contribution in [3.63, 3.8) is 0 Å². The van der Waals surface area contributed by atoms with Crippen molar-refractivity contribution in [3.05, 3.63) is 23.3 Å². The van der Waals surface area contributed by atoms with Gasteiger partial charge in [-0.15, -0.1) is 0 Å². The summed E-state index contributed by atoms with van der Waals surface area (Å²) in [5.41, 5.74) is 2.64. The number of aromatic hydroxyl groups is 1. The van der Waals surface area contributed by atoms with Gasteiger partial charge in [0, 0.05) is 11.1 Å². The van der Waals surface area contributed by atoms with Crippen LogP contribution in [0.2, 0.25) is 0 Å². The number of rotatable bonds is 0. The number of ether oxygens (including phenoxy) is 1. The Balaban J connectivity index is 2.28. The van der Waals surface area contributed by atoms with Gasteiger partial charge in [0.2, 0.25) is 0 Å². The predicted molar refractivity (Wildman–Crippen MR) is 58.5 cm³/mol. The molecule has 1 aromatic rings. The SMILES string of the molecule is CC12CCCc3c(O)ccc(c31)OCC2. The van der Waals surface area contributed by atoms with Gasteiger partial charge in [0.05, 0.1) is 6.61 Å². The van der Waals surface area contributed by atoms with Gasteiger partial charge >= 0.3 is 0 Å². The maximum atomic E-state index is 9.88. The molecular formula is C13H16O2. The van der Waals surface area contributed by atoms with Crippen LogP contribution in [-0.4, -0.2) is 11.7 Å². The summed E-state index contributed by atoms with van der Waals surface area (Å²) in [5.74, 6) is 1.45. The smallest absolute Gasteiger partial charge is 0.123 e. The van der Waals surface area contributed by atoms with Gasteiger partial charge in [-0.2, -0.15) is 0 Å². The van der Waals surface area contributed by atoms with Crippen molar-refractivity contribution >= 4 is 0 Å². The highest BCUT2D eigenvalue weighted by atomic mass is 16.5. The molecule has 2 heteroatoms. The number of benzene rings is 1. The first-order chi connectivity index (χ1) is 7.21. The van der Waals surface area contributed by atoms with Crippen LogP contribution >= 0.6 is 0 Å². The first kappa shape index (κ1) is 9.08. The van der Waals surface area contributed by atoms with E-state index in [9.17, 15) is 5.11 Å². The van der Waals surface area contributed by atoms with Crippen molar-refractivity contribution in [2.24, 2.45) is 0 Å². The fourth-order valence-corrected chi connectivity index (χ4v) is 3.07. The largest absolute Gasteiger partial charge is 0.508 e. The Hall–Kier alpha value is -1.18. The summed E-state index contributed by atoms with van der Waals surface area (Å²) in [5, 5.41) is 9.88. The molecule has 2 nitrogen and oxygen atoms in total. The van der Waals surface area contributed by atoms with Gasteiger partial charge in [0.25, 0.3) is 0 Å². The van der Waals surface area contributed by atoms with Crippen LogP contribution in [0.3, 0.4) is 0 Å². The molecule has 0 radical (unpaired) electrons. The molecule has 3 rings (SSSR count). The zero-order valence-electron chi connectivity index (χ0n) is 9.05. The predicted octanol–water partition coefficient (Wildman–Crippen LogP) is 2.77. The van der Waals surface area contributed by atoms with Crippen LogP contribution in [0.1, 0.15) is 37.3 Å². The monoisotopic (exact) mass is 204 g/mol. The van der Waals surface area contributed by atoms with E-state index in [0.29, 0.717) is 5.75 Å². The lowest BCUT2D eigenvalue weighted by atomic mass is 9.68. The van der Waals surface area contributed by atoms with Crippen LogP contribution in [0, 0.1) is 0 Å². The molecule has 1 N–H and O–H groups in total. The lowest BCUT2D eigenvalue weighted by Gasteiger charge is -2.40. The molecule has 0 fully saturated rings. The Kier molecular flexibility index (Phi) is 1.76. The molecule has 1 unspecified atom stereocenters. The molecule has 0 saturated heterocycles. The quantitative estimate of drug-likeness (QED) is 0.704. The molecule has 1 aliphatic heterocycles. The van der Waals surface area contributed by atoms with Gasteiger partial charge in [0.1, 0.15) is 11.5 Å². The Morgan fingerprint density at radius 1 is 1.33 bits per heavy atom. The van der Waals surface area contributed by atoms with Crippen LogP contribution in [0.15, 0.2) is 12.1 Å². The molecule has 1 aromatic carbocycles. The lowest BCUT2D eigenvalue weighted by Crippen LogP contribution is -2.33. The van der Waals surface area contributed by atoms with Crippen molar-refractivity contribution in [1.29, 1.82) is 0 Å². The van der Waals surface area contributed by atoms with Crippen molar-refractivity contribution in [2.45, 2.75) is 38.0 Å². The van der Waals surface area contributed by atoms with E-state index in [1.54, 1.807) is 6.07 Å². The molecule has 0 saturated carbocycles. The third-order valence-corrected chi connectivity index (χ3v) is 3.92. The second kappa shape index (κ2) is 2.91. The van der Waals surface area contributed by atoms with Crippen LogP contribution in [0.4, 0.5) is 0 Å². The summed E-state index contributed by atoms with van der Waals surface area (Å²) in [6.45, 7) is 3.12. The van der Waals surface area contributed by atoms with Crippen molar-refractivity contribution in [3.8, 4) is 11.5 Å². The highest BCUT2D eigenvalue weighted by Gasteiger charge is 2.38. The minimum atomic E-state index is 0.236. The lowest BCUT2D eigenvalue weighted by molar-refractivity contribution is 0.204. The van der Waals surface area contributed by atoms with Crippen LogP contribution in [0.5, 0.6) is 11.5 Å². The normalized spacial score (nSPS) is 28.1. The molecule has 1 aliphatic carbocycles. The van der Waals surface area contributed by atoms with Gasteiger partial charge < -0.3 is 9.84 Å². The topological polar surface area (TPSA) is 29.5 Å². The van der Waals surface area contributed by atoms with E-state index >= 15 is 0 Å². The third kappa shape index (κ3) is 1.17. The number of hydrogen-bond acceptors (Lipinski definition) is 2. The molecule has 80 valence electrons. The van der Waals surface area contributed by atoms with Crippen molar-refractivity contribution in [2.75, 3.05) is 6.61 Å². The molecule has 0 bridgehead atoms. The summed E-state index contributed by atoms with van der Waals surface area (Å²) in [4.78, 5) is 0. The second-order valence-electron chi connectivity index (χ2n) is 4.95. The molecule has 1 heterocycles. The Bertz CT molecular complexity index is 407. The Morgan fingerprint density at radius 2 is 2.20 bits per heavy atom. The average Bonchev–Trinajstić information content (AvgIpc) is 2.23.